The van der Waals surface area contributed by atoms with Crippen LogP contribution in [-0.4, -0.2) is 48.8 Å². The van der Waals surface area contributed by atoms with Crippen LogP contribution in [0.4, 0.5) is 20.4 Å². The van der Waals surface area contributed by atoms with E-state index < -0.39 is 0 Å². The molecule has 0 bridgehead atoms. The number of rotatable bonds is 5. The number of amides is 4. The molecule has 1 aliphatic carbocycles. The van der Waals surface area contributed by atoms with Gasteiger partial charge in [0.05, 0.1) is 26.5 Å². The highest BCUT2D eigenvalue weighted by atomic mass is 32.1. The molecule has 0 atom stereocenters. The van der Waals surface area contributed by atoms with Crippen molar-refractivity contribution in [3.8, 4) is 11.5 Å². The summed E-state index contributed by atoms with van der Waals surface area (Å²) < 4.78 is 10.5. The highest BCUT2D eigenvalue weighted by molar-refractivity contribution is 7.15. The molecule has 0 radical (unpaired) electrons. The number of methoxy groups -OCH3 is 2. The largest absolute Gasteiger partial charge is 0.497 e. The molecule has 2 heterocycles. The van der Waals surface area contributed by atoms with Crippen molar-refractivity contribution in [2.24, 2.45) is 0 Å². The lowest BCUT2D eigenvalue weighted by Gasteiger charge is -2.26. The van der Waals surface area contributed by atoms with Crippen molar-refractivity contribution in [2.75, 3.05) is 31.4 Å². The molecule has 4 rings (SSSR count). The zero-order valence-corrected chi connectivity index (χ0v) is 18.5. The molecule has 1 saturated carbocycles. The van der Waals surface area contributed by atoms with E-state index in [0.717, 1.165) is 36.3 Å². The van der Waals surface area contributed by atoms with Gasteiger partial charge in [0.1, 0.15) is 11.5 Å². The number of fused-ring (bicyclic) bond motifs is 1. The SMILES string of the molecule is COc1cc(NC(=O)N2CCc3nc(NC(=O)NC4CCCC4)sc3C2)cc(OC)c1. The minimum atomic E-state index is -0.209. The van der Waals surface area contributed by atoms with Crippen LogP contribution >= 0.6 is 11.3 Å². The second-order valence-corrected chi connectivity index (χ2v) is 8.76. The maximum Gasteiger partial charge on any atom is 0.322 e. The number of carbonyl (C=O) groups is 2. The molecule has 0 spiro atoms. The minimum absolute atomic E-state index is 0.206. The number of nitrogens with zero attached hydrogens (tertiary/aromatic N) is 2. The van der Waals surface area contributed by atoms with Gasteiger partial charge < -0.3 is 25.0 Å². The van der Waals surface area contributed by atoms with Gasteiger partial charge in [-0.1, -0.05) is 24.2 Å². The lowest BCUT2D eigenvalue weighted by Crippen LogP contribution is -2.38. The first-order valence-electron chi connectivity index (χ1n) is 10.4. The summed E-state index contributed by atoms with van der Waals surface area (Å²) in [6.45, 7) is 1.00. The number of carbonyl (C=O) groups excluding carboxylic acids is 2. The molecular formula is C21H27N5O4S. The highest BCUT2D eigenvalue weighted by Gasteiger charge is 2.25. The first-order valence-corrected chi connectivity index (χ1v) is 11.2. The Morgan fingerprint density at radius 1 is 1.10 bits per heavy atom. The Kier molecular flexibility index (Phi) is 6.45. The summed E-state index contributed by atoms with van der Waals surface area (Å²) in [6.07, 6.45) is 5.04. The van der Waals surface area contributed by atoms with Crippen LogP contribution in [0.2, 0.25) is 0 Å². The van der Waals surface area contributed by atoms with Crippen molar-refractivity contribution in [1.29, 1.82) is 0 Å². The van der Waals surface area contributed by atoms with E-state index >= 15 is 0 Å². The van der Waals surface area contributed by atoms with Gasteiger partial charge in [-0.3, -0.25) is 5.32 Å². The number of urea groups is 2. The number of ether oxygens (including phenoxy) is 2. The van der Waals surface area contributed by atoms with Crippen LogP contribution in [0.15, 0.2) is 18.2 Å². The average Bonchev–Trinajstić information content (AvgIpc) is 3.41. The lowest BCUT2D eigenvalue weighted by atomic mass is 10.2. The Balaban J connectivity index is 1.36. The van der Waals surface area contributed by atoms with Crippen molar-refractivity contribution in [3.05, 3.63) is 28.8 Å². The summed E-state index contributed by atoms with van der Waals surface area (Å²) in [5.41, 5.74) is 1.54. The van der Waals surface area contributed by atoms with Crippen LogP contribution in [0.5, 0.6) is 11.5 Å². The normalized spacial score (nSPS) is 15.9. The molecule has 0 unspecified atom stereocenters. The molecule has 2 aromatic rings. The predicted molar refractivity (Wildman–Crippen MR) is 119 cm³/mol. The first kappa shape index (κ1) is 21.2. The van der Waals surface area contributed by atoms with Gasteiger partial charge in [-0.2, -0.15) is 0 Å². The molecule has 2 aliphatic rings. The maximum absolute atomic E-state index is 12.8. The van der Waals surface area contributed by atoms with E-state index in [1.807, 2.05) is 0 Å². The maximum atomic E-state index is 12.8. The molecule has 4 amide bonds. The van der Waals surface area contributed by atoms with Gasteiger partial charge in [0.15, 0.2) is 5.13 Å². The Morgan fingerprint density at radius 3 is 2.48 bits per heavy atom. The minimum Gasteiger partial charge on any atom is -0.497 e. The van der Waals surface area contributed by atoms with Crippen LogP contribution in [0, 0.1) is 0 Å². The average molecular weight is 446 g/mol. The van der Waals surface area contributed by atoms with Crippen molar-refractivity contribution in [2.45, 2.75) is 44.7 Å². The molecule has 166 valence electrons. The van der Waals surface area contributed by atoms with Crippen molar-refractivity contribution >= 4 is 34.2 Å². The van der Waals surface area contributed by atoms with Gasteiger partial charge in [-0.15, -0.1) is 0 Å². The summed E-state index contributed by atoms with van der Waals surface area (Å²) in [4.78, 5) is 32.3. The lowest BCUT2D eigenvalue weighted by molar-refractivity contribution is 0.207. The Morgan fingerprint density at radius 2 is 1.81 bits per heavy atom. The molecule has 1 aromatic heterocycles. The molecule has 1 fully saturated rings. The summed E-state index contributed by atoms with van der Waals surface area (Å²) in [7, 11) is 3.13. The number of thiazole rings is 1. The third kappa shape index (κ3) is 5.19. The van der Waals surface area contributed by atoms with Gasteiger partial charge >= 0.3 is 12.1 Å². The zero-order chi connectivity index (χ0) is 21.8. The van der Waals surface area contributed by atoms with Gasteiger partial charge in [-0.05, 0) is 12.8 Å². The van der Waals surface area contributed by atoms with E-state index in [-0.39, 0.29) is 18.1 Å². The number of hydrogen-bond acceptors (Lipinski definition) is 6. The van der Waals surface area contributed by atoms with E-state index in [2.05, 4.69) is 20.9 Å². The van der Waals surface area contributed by atoms with E-state index in [4.69, 9.17) is 9.47 Å². The van der Waals surface area contributed by atoms with Crippen molar-refractivity contribution in [3.63, 3.8) is 0 Å². The molecule has 3 N–H and O–H groups in total. The quantitative estimate of drug-likeness (QED) is 0.649. The number of hydrogen-bond donors (Lipinski definition) is 3. The topological polar surface area (TPSA) is 105 Å². The van der Waals surface area contributed by atoms with Crippen LogP contribution in [-0.2, 0) is 13.0 Å². The monoisotopic (exact) mass is 445 g/mol. The smallest absolute Gasteiger partial charge is 0.322 e. The second kappa shape index (κ2) is 9.42. The summed E-state index contributed by atoms with van der Waals surface area (Å²) >= 11 is 1.42. The van der Waals surface area contributed by atoms with Crippen molar-refractivity contribution in [1.82, 2.24) is 15.2 Å². The zero-order valence-electron chi connectivity index (χ0n) is 17.7. The standard InChI is InChI=1S/C21H27N5O4S/c1-29-15-9-14(10-16(11-15)30-2)23-21(28)26-8-7-17-18(12-26)31-20(24-17)25-19(27)22-13-5-3-4-6-13/h9-11,13H,3-8,12H2,1-2H3,(H,23,28)(H2,22,24,25,27). The fourth-order valence-electron chi connectivity index (χ4n) is 3.89. The third-order valence-corrected chi connectivity index (χ3v) is 6.53. The van der Waals surface area contributed by atoms with Crippen LogP contribution in [0.1, 0.15) is 36.3 Å². The molecule has 31 heavy (non-hydrogen) atoms. The number of aromatic nitrogens is 1. The summed E-state index contributed by atoms with van der Waals surface area (Å²) in [6, 6.07) is 5.07. The molecular weight excluding hydrogens is 418 g/mol. The van der Waals surface area contributed by atoms with E-state index in [9.17, 15) is 9.59 Å². The Bertz CT molecular complexity index is 935. The fraction of sp³-hybridized carbons (Fsp3) is 0.476. The predicted octanol–water partition coefficient (Wildman–Crippen LogP) is 3.81. The van der Waals surface area contributed by atoms with E-state index in [0.29, 0.717) is 41.8 Å². The van der Waals surface area contributed by atoms with Gasteiger partial charge in [0.2, 0.25) is 0 Å². The molecule has 1 aliphatic heterocycles. The van der Waals surface area contributed by atoms with Crippen LogP contribution in [0.3, 0.4) is 0 Å². The van der Waals surface area contributed by atoms with Gasteiger partial charge in [0, 0.05) is 47.8 Å². The van der Waals surface area contributed by atoms with Gasteiger partial charge in [-0.25, -0.2) is 14.6 Å². The fourth-order valence-corrected chi connectivity index (χ4v) is 4.91. The third-order valence-electron chi connectivity index (χ3n) is 5.53. The second-order valence-electron chi connectivity index (χ2n) is 7.67. The van der Waals surface area contributed by atoms with Gasteiger partial charge in [0.25, 0.3) is 0 Å². The summed E-state index contributed by atoms with van der Waals surface area (Å²) in [5, 5.41) is 9.32. The molecule has 10 heteroatoms. The van der Waals surface area contributed by atoms with Crippen LogP contribution < -0.4 is 25.4 Å². The number of anilines is 2. The number of nitrogens with one attached hydrogen (secondary N) is 3. The Labute approximate surface area is 185 Å². The number of benzene rings is 1. The Hall–Kier alpha value is -3.01. The first-order chi connectivity index (χ1) is 15.0. The molecule has 0 saturated heterocycles. The molecule has 1 aromatic carbocycles. The molecule has 9 nitrogen and oxygen atoms in total. The highest BCUT2D eigenvalue weighted by Crippen LogP contribution is 2.30. The van der Waals surface area contributed by atoms with Crippen molar-refractivity contribution < 1.29 is 19.1 Å². The van der Waals surface area contributed by atoms with Crippen LogP contribution in [0.25, 0.3) is 0 Å². The van der Waals surface area contributed by atoms with E-state index in [1.54, 1.807) is 37.3 Å². The van der Waals surface area contributed by atoms with E-state index in [1.165, 1.54) is 11.3 Å². The summed E-state index contributed by atoms with van der Waals surface area (Å²) in [5.74, 6) is 1.20.